The first-order chi connectivity index (χ1) is 13.1. The molecule has 0 radical (unpaired) electrons. The van der Waals surface area contributed by atoms with Gasteiger partial charge in [0.15, 0.2) is 5.03 Å². The van der Waals surface area contributed by atoms with E-state index in [9.17, 15) is 28.1 Å². The number of amides is 1. The number of benzene rings is 1. The molecule has 11 nitrogen and oxygen atoms in total. The van der Waals surface area contributed by atoms with E-state index in [1.54, 1.807) is 0 Å². The number of rotatable bonds is 6. The lowest BCUT2D eigenvalue weighted by molar-refractivity contribution is -0.384. The number of nitrogens with zero attached hydrogens (tertiary/aromatic N) is 2. The average Bonchev–Trinajstić information content (AvgIpc) is 2.64. The van der Waals surface area contributed by atoms with Crippen molar-refractivity contribution in [3.8, 4) is 5.75 Å². The molecule has 0 spiro atoms. The summed E-state index contributed by atoms with van der Waals surface area (Å²) in [6, 6.07) is 3.58. The van der Waals surface area contributed by atoms with Gasteiger partial charge in [0, 0.05) is 30.4 Å². The van der Waals surface area contributed by atoms with Crippen LogP contribution in [0.1, 0.15) is 6.92 Å². The van der Waals surface area contributed by atoms with Crippen molar-refractivity contribution in [2.24, 2.45) is 5.73 Å². The molecule has 2 atom stereocenters. The fourth-order valence-corrected chi connectivity index (χ4v) is 5.48. The molecule has 3 rings (SSSR count). The van der Waals surface area contributed by atoms with E-state index in [0.717, 1.165) is 29.2 Å². The first-order valence-electron chi connectivity index (χ1n) is 7.86. The summed E-state index contributed by atoms with van der Waals surface area (Å²) < 4.78 is 35.7. The number of hydrogen-bond donors (Lipinski definition) is 1. The van der Waals surface area contributed by atoms with Crippen molar-refractivity contribution in [1.82, 2.24) is 4.90 Å². The Labute approximate surface area is 163 Å². The molecule has 150 valence electrons. The molecule has 1 aromatic rings. The fraction of sp³-hybridized carbons (Fsp3) is 0.333. The molecule has 1 fully saturated rings. The van der Waals surface area contributed by atoms with Crippen LogP contribution in [-0.2, 0) is 24.4 Å². The minimum absolute atomic E-state index is 0.169. The summed E-state index contributed by atoms with van der Waals surface area (Å²) in [7, 11) is -4.50. The number of nitrogens with two attached hydrogens (primary N) is 1. The lowest BCUT2D eigenvalue weighted by atomic mass is 10.1. The number of ether oxygens (including phenoxy) is 1. The number of nitro benzene ring substituents is 1. The van der Waals surface area contributed by atoms with Gasteiger partial charge in [-0.1, -0.05) is 0 Å². The van der Waals surface area contributed by atoms with E-state index in [2.05, 4.69) is 0 Å². The Morgan fingerprint density at radius 2 is 2.04 bits per heavy atom. The van der Waals surface area contributed by atoms with Gasteiger partial charge in [-0.2, -0.15) is 8.42 Å². The number of esters is 1. The number of carbonyl (C=O) groups excluding carboxylic acids is 2. The maximum atomic E-state index is 12.9. The van der Waals surface area contributed by atoms with Crippen LogP contribution < -0.4 is 9.92 Å². The molecule has 0 aliphatic carbocycles. The summed E-state index contributed by atoms with van der Waals surface area (Å²) in [4.78, 5) is 34.4. The van der Waals surface area contributed by atoms with Gasteiger partial charge in [-0.3, -0.25) is 24.6 Å². The van der Waals surface area contributed by atoms with Crippen LogP contribution in [0.3, 0.4) is 0 Å². The van der Waals surface area contributed by atoms with Crippen molar-refractivity contribution in [1.29, 1.82) is 0 Å². The van der Waals surface area contributed by atoms with Gasteiger partial charge in [-0.25, -0.2) is 0 Å². The smallest absolute Gasteiger partial charge is 0.355 e. The van der Waals surface area contributed by atoms with Crippen LogP contribution in [0, 0.1) is 10.1 Å². The maximum absolute atomic E-state index is 12.9. The van der Waals surface area contributed by atoms with Gasteiger partial charge in [0.05, 0.1) is 4.92 Å². The second-order valence-electron chi connectivity index (χ2n) is 5.91. The van der Waals surface area contributed by atoms with Crippen molar-refractivity contribution < 1.29 is 31.9 Å². The Morgan fingerprint density at radius 3 is 2.61 bits per heavy atom. The number of β-lactam (4-membered cyclic amide) rings is 1. The third-order valence-electron chi connectivity index (χ3n) is 3.97. The zero-order valence-corrected chi connectivity index (χ0v) is 16.1. The van der Waals surface area contributed by atoms with Gasteiger partial charge in [0.2, 0.25) is 5.91 Å². The lowest BCUT2D eigenvalue weighted by Crippen LogP contribution is -2.68. The van der Waals surface area contributed by atoms with Crippen LogP contribution in [0.4, 0.5) is 5.69 Å². The molecule has 0 bridgehead atoms. The molecule has 1 aromatic carbocycles. The van der Waals surface area contributed by atoms with E-state index in [0.29, 0.717) is 0 Å². The van der Waals surface area contributed by atoms with Crippen LogP contribution in [0.2, 0.25) is 0 Å². The third-order valence-corrected chi connectivity index (χ3v) is 6.71. The molecule has 1 amide bonds. The Kier molecular flexibility index (Phi) is 5.32. The van der Waals surface area contributed by atoms with Gasteiger partial charge >= 0.3 is 16.1 Å². The summed E-state index contributed by atoms with van der Waals surface area (Å²) in [5.41, 5.74) is 5.67. The minimum Gasteiger partial charge on any atom is -0.461 e. The molecule has 2 N–H and O–H groups in total. The molecule has 0 aromatic heterocycles. The van der Waals surface area contributed by atoms with E-state index in [4.69, 9.17) is 14.7 Å². The van der Waals surface area contributed by atoms with E-state index in [-0.39, 0.29) is 29.4 Å². The highest BCUT2D eigenvalue weighted by atomic mass is 32.2. The Morgan fingerprint density at radius 1 is 1.39 bits per heavy atom. The molecule has 2 heterocycles. The monoisotopic (exact) mass is 429 g/mol. The van der Waals surface area contributed by atoms with Crippen LogP contribution in [-0.4, -0.2) is 53.9 Å². The van der Waals surface area contributed by atoms with Crippen LogP contribution in [0.5, 0.6) is 5.75 Å². The normalized spacial score (nSPS) is 21.6. The molecule has 2 aliphatic rings. The topological polar surface area (TPSA) is 159 Å². The molecule has 1 saturated heterocycles. The minimum atomic E-state index is -4.50. The molecule has 13 heteroatoms. The van der Waals surface area contributed by atoms with Gasteiger partial charge in [-0.05, 0) is 12.1 Å². The summed E-state index contributed by atoms with van der Waals surface area (Å²) in [6.07, 6.45) is 0. The van der Waals surface area contributed by atoms with Crippen molar-refractivity contribution in [3.63, 3.8) is 0 Å². The van der Waals surface area contributed by atoms with Crippen molar-refractivity contribution in [2.75, 3.05) is 12.4 Å². The van der Waals surface area contributed by atoms with Crippen LogP contribution in [0.25, 0.3) is 0 Å². The second kappa shape index (κ2) is 7.41. The molecular formula is C15H15N3O8S2. The number of fused-ring (bicyclic) bond motifs is 1. The average molecular weight is 429 g/mol. The highest BCUT2D eigenvalue weighted by Crippen LogP contribution is 2.42. The molecule has 2 aliphatic heterocycles. The number of hydrogen-bond acceptors (Lipinski definition) is 10. The predicted molar refractivity (Wildman–Crippen MR) is 97.4 cm³/mol. The first-order valence-corrected chi connectivity index (χ1v) is 10.3. The molecule has 0 unspecified atom stereocenters. The number of nitro groups is 1. The van der Waals surface area contributed by atoms with Crippen LogP contribution in [0.15, 0.2) is 34.9 Å². The van der Waals surface area contributed by atoms with Crippen molar-refractivity contribution in [3.05, 3.63) is 45.0 Å². The molecular weight excluding hydrogens is 414 g/mol. The predicted octanol–water partition coefficient (Wildman–Crippen LogP) is 0.320. The second-order valence-corrected chi connectivity index (χ2v) is 8.48. The largest absolute Gasteiger partial charge is 0.461 e. The Bertz CT molecular complexity index is 974. The number of non-ortho nitro benzene ring substituents is 1. The standard InChI is InChI=1S/C15H15N3O8S2/c1-8(19)25-6-9-7-27-14-12(16)13(20)17(14)15(9)28(23,24)26-11-4-2-10(3-5-11)18(21)22/h2-5,12,14H,6-7,16H2,1H3/t12-,14+/m0/s1. The lowest BCUT2D eigenvalue weighted by Gasteiger charge is -2.48. The molecule has 28 heavy (non-hydrogen) atoms. The van der Waals surface area contributed by atoms with Crippen molar-refractivity contribution in [2.45, 2.75) is 18.3 Å². The Hall–Kier alpha value is -2.64. The number of thioether (sulfide) groups is 1. The highest BCUT2D eigenvalue weighted by Gasteiger charge is 2.54. The highest BCUT2D eigenvalue weighted by molar-refractivity contribution is 8.00. The zero-order valence-electron chi connectivity index (χ0n) is 14.4. The summed E-state index contributed by atoms with van der Waals surface area (Å²) in [6.45, 7) is 0.845. The van der Waals surface area contributed by atoms with Gasteiger partial charge < -0.3 is 14.7 Å². The van der Waals surface area contributed by atoms with E-state index in [1.165, 1.54) is 18.7 Å². The van der Waals surface area contributed by atoms with E-state index >= 15 is 0 Å². The fourth-order valence-electron chi connectivity index (χ4n) is 2.68. The summed E-state index contributed by atoms with van der Waals surface area (Å²) in [5.74, 6) is -1.20. The maximum Gasteiger partial charge on any atom is 0.355 e. The SMILES string of the molecule is CC(=O)OCC1=C(S(=O)(=O)Oc2ccc([N+](=O)[O-])cc2)N2C(=O)[C@H](N)[C@H]2SC1. The van der Waals surface area contributed by atoms with Gasteiger partial charge in [-0.15, -0.1) is 11.8 Å². The summed E-state index contributed by atoms with van der Waals surface area (Å²) in [5, 5.41) is 9.72. The zero-order chi connectivity index (χ0) is 20.6. The third kappa shape index (κ3) is 3.68. The van der Waals surface area contributed by atoms with Gasteiger partial charge in [0.1, 0.15) is 23.8 Å². The van der Waals surface area contributed by atoms with E-state index in [1.807, 2.05) is 0 Å². The first kappa shape index (κ1) is 20.1. The van der Waals surface area contributed by atoms with Gasteiger partial charge in [0.25, 0.3) is 5.69 Å². The number of carbonyl (C=O) groups is 2. The van der Waals surface area contributed by atoms with Crippen molar-refractivity contribution >= 4 is 39.4 Å². The Balaban J connectivity index is 1.95. The van der Waals surface area contributed by atoms with E-state index < -0.39 is 43.4 Å². The summed E-state index contributed by atoms with van der Waals surface area (Å²) >= 11 is 1.25. The van der Waals surface area contributed by atoms with Crippen LogP contribution >= 0.6 is 11.8 Å². The quantitative estimate of drug-likeness (QED) is 0.219. The molecule has 0 saturated carbocycles.